The highest BCUT2D eigenvalue weighted by Gasteiger charge is 2.02. The molecule has 2 aromatic heterocycles. The molecule has 3 rings (SSSR count). The summed E-state index contributed by atoms with van der Waals surface area (Å²) in [4.78, 5) is 27.9. The first-order valence-electron chi connectivity index (χ1n) is 8.24. The number of nitrogens with one attached hydrogen (secondary N) is 2. The second-order valence-electron chi connectivity index (χ2n) is 5.65. The monoisotopic (exact) mass is 336 g/mol. The van der Waals surface area contributed by atoms with Crippen molar-refractivity contribution in [1.82, 2.24) is 14.9 Å². The molecular formula is C19H20N4O2. The minimum Gasteiger partial charge on any atom is -0.368 e. The Kier molecular flexibility index (Phi) is 5.41. The highest BCUT2D eigenvalue weighted by atomic mass is 16.1. The molecule has 1 aromatic carbocycles. The maximum Gasteiger partial charge on any atom is 0.250 e. The summed E-state index contributed by atoms with van der Waals surface area (Å²) in [6.07, 6.45) is 1.96. The molecule has 6 nitrogen and oxygen atoms in total. The van der Waals surface area contributed by atoms with Gasteiger partial charge in [-0.05, 0) is 24.3 Å². The number of para-hydroxylation sites is 1. The highest BCUT2D eigenvalue weighted by Crippen LogP contribution is 2.13. The molecule has 0 aliphatic carbocycles. The number of aryl methyl sites for hydroxylation is 1. The van der Waals surface area contributed by atoms with E-state index in [0.717, 1.165) is 16.7 Å². The highest BCUT2D eigenvalue weighted by molar-refractivity contribution is 5.80. The Hall–Kier alpha value is -3.15. The van der Waals surface area contributed by atoms with E-state index in [1.54, 1.807) is 18.3 Å². The lowest BCUT2D eigenvalue weighted by Crippen LogP contribution is -2.30. The van der Waals surface area contributed by atoms with E-state index < -0.39 is 0 Å². The van der Waals surface area contributed by atoms with Crippen molar-refractivity contribution < 1.29 is 4.79 Å². The average molecular weight is 336 g/mol. The molecule has 0 aliphatic rings. The Balaban J connectivity index is 1.41. The molecule has 0 saturated heterocycles. The maximum absolute atomic E-state index is 11.8. The number of nitrogens with zero attached hydrogens (tertiary/aromatic N) is 2. The van der Waals surface area contributed by atoms with Crippen LogP contribution < -0.4 is 16.2 Å². The number of carbonyl (C=O) groups is 1. The molecule has 0 atom stereocenters. The molecule has 3 aromatic rings. The van der Waals surface area contributed by atoms with Crippen LogP contribution in [0.2, 0.25) is 0 Å². The van der Waals surface area contributed by atoms with Gasteiger partial charge >= 0.3 is 0 Å². The molecule has 1 amide bonds. The maximum atomic E-state index is 11.8. The molecule has 0 radical (unpaired) electrons. The lowest BCUT2D eigenvalue weighted by atomic mass is 10.2. The third kappa shape index (κ3) is 4.67. The standard InChI is InChI=1S/C19H20N4O2/c24-18(10-14-23-13-4-3-7-19(23)25)21-12-11-20-17-9-8-15-5-1-2-6-16(15)22-17/h1-9,13H,10-12,14H2,(H,20,22)(H,21,24). The van der Waals surface area contributed by atoms with Crippen molar-refractivity contribution in [1.29, 1.82) is 0 Å². The average Bonchev–Trinajstić information content (AvgIpc) is 2.64. The third-order valence-electron chi connectivity index (χ3n) is 3.83. The topological polar surface area (TPSA) is 76.0 Å². The van der Waals surface area contributed by atoms with Crippen molar-refractivity contribution in [2.75, 3.05) is 18.4 Å². The first-order chi connectivity index (χ1) is 12.2. The lowest BCUT2D eigenvalue weighted by molar-refractivity contribution is -0.121. The van der Waals surface area contributed by atoms with Gasteiger partial charge in [-0.3, -0.25) is 9.59 Å². The summed E-state index contributed by atoms with van der Waals surface area (Å²) in [5.74, 6) is 0.702. The molecule has 128 valence electrons. The van der Waals surface area contributed by atoms with Crippen LogP contribution in [0.3, 0.4) is 0 Å². The van der Waals surface area contributed by atoms with Crippen LogP contribution in [0.1, 0.15) is 6.42 Å². The van der Waals surface area contributed by atoms with Crippen molar-refractivity contribution in [2.24, 2.45) is 0 Å². The molecule has 0 bridgehead atoms. The van der Waals surface area contributed by atoms with Gasteiger partial charge in [-0.25, -0.2) is 4.98 Å². The molecule has 2 heterocycles. The van der Waals surface area contributed by atoms with Gasteiger partial charge in [0.1, 0.15) is 5.82 Å². The van der Waals surface area contributed by atoms with E-state index in [1.807, 2.05) is 36.4 Å². The summed E-state index contributed by atoms with van der Waals surface area (Å²) < 4.78 is 1.52. The lowest BCUT2D eigenvalue weighted by Gasteiger charge is -2.09. The van der Waals surface area contributed by atoms with Crippen LogP contribution in [0.15, 0.2) is 65.6 Å². The molecule has 0 fully saturated rings. The molecule has 25 heavy (non-hydrogen) atoms. The van der Waals surface area contributed by atoms with Crippen molar-refractivity contribution >= 4 is 22.6 Å². The quantitative estimate of drug-likeness (QED) is 0.647. The van der Waals surface area contributed by atoms with Crippen LogP contribution in [-0.2, 0) is 11.3 Å². The van der Waals surface area contributed by atoms with E-state index in [9.17, 15) is 9.59 Å². The largest absolute Gasteiger partial charge is 0.368 e. The second kappa shape index (κ2) is 8.10. The van der Waals surface area contributed by atoms with E-state index in [4.69, 9.17) is 0 Å². The van der Waals surface area contributed by atoms with Crippen LogP contribution in [-0.4, -0.2) is 28.5 Å². The van der Waals surface area contributed by atoms with Gasteiger partial charge in [0.15, 0.2) is 0 Å². The Bertz CT molecular complexity index is 920. The van der Waals surface area contributed by atoms with Crippen LogP contribution in [0.4, 0.5) is 5.82 Å². The zero-order chi connectivity index (χ0) is 17.5. The number of carbonyl (C=O) groups excluding carboxylic acids is 1. The Labute approximate surface area is 145 Å². The molecule has 0 unspecified atom stereocenters. The van der Waals surface area contributed by atoms with Gasteiger partial charge in [0.05, 0.1) is 5.52 Å². The van der Waals surface area contributed by atoms with Crippen molar-refractivity contribution in [3.8, 4) is 0 Å². The number of amides is 1. The Morgan fingerprint density at radius 3 is 2.72 bits per heavy atom. The molecule has 6 heteroatoms. The summed E-state index contributed by atoms with van der Waals surface area (Å²) in [6.45, 7) is 1.46. The number of anilines is 1. The molecular weight excluding hydrogens is 316 g/mol. The van der Waals surface area contributed by atoms with E-state index in [0.29, 0.717) is 19.6 Å². The molecule has 0 spiro atoms. The summed E-state index contributed by atoms with van der Waals surface area (Å²) >= 11 is 0. The molecule has 2 N–H and O–H groups in total. The van der Waals surface area contributed by atoms with Crippen LogP contribution in [0.5, 0.6) is 0 Å². The summed E-state index contributed by atoms with van der Waals surface area (Å²) in [6, 6.07) is 16.8. The zero-order valence-corrected chi connectivity index (χ0v) is 13.8. The zero-order valence-electron chi connectivity index (χ0n) is 13.8. The van der Waals surface area contributed by atoms with Crippen molar-refractivity contribution in [3.63, 3.8) is 0 Å². The van der Waals surface area contributed by atoms with E-state index in [-0.39, 0.29) is 17.9 Å². The predicted octanol–water partition coefficient (Wildman–Crippen LogP) is 2.01. The van der Waals surface area contributed by atoms with Crippen molar-refractivity contribution in [3.05, 3.63) is 71.1 Å². The minimum atomic E-state index is -0.0978. The minimum absolute atomic E-state index is 0.0796. The third-order valence-corrected chi connectivity index (χ3v) is 3.83. The Morgan fingerprint density at radius 1 is 1.00 bits per heavy atom. The second-order valence-corrected chi connectivity index (χ2v) is 5.65. The smallest absolute Gasteiger partial charge is 0.250 e. The number of pyridine rings is 2. The van der Waals surface area contributed by atoms with Crippen molar-refractivity contribution in [2.45, 2.75) is 13.0 Å². The molecule has 0 aliphatic heterocycles. The predicted molar refractivity (Wildman–Crippen MR) is 98.6 cm³/mol. The van der Waals surface area contributed by atoms with Gasteiger partial charge < -0.3 is 15.2 Å². The summed E-state index contributed by atoms with van der Waals surface area (Å²) in [5, 5.41) is 7.12. The van der Waals surface area contributed by atoms with Crippen LogP contribution >= 0.6 is 0 Å². The summed E-state index contributed by atoms with van der Waals surface area (Å²) in [5.41, 5.74) is 0.837. The van der Waals surface area contributed by atoms with Crippen LogP contribution in [0.25, 0.3) is 10.9 Å². The number of hydrogen-bond donors (Lipinski definition) is 2. The van der Waals surface area contributed by atoms with Crippen LogP contribution in [0, 0.1) is 0 Å². The number of hydrogen-bond acceptors (Lipinski definition) is 4. The number of aromatic nitrogens is 2. The number of fused-ring (bicyclic) bond motifs is 1. The van der Waals surface area contributed by atoms with Gasteiger partial charge in [0.2, 0.25) is 5.91 Å². The normalized spacial score (nSPS) is 10.6. The molecule has 0 saturated carbocycles. The fourth-order valence-electron chi connectivity index (χ4n) is 2.51. The fraction of sp³-hybridized carbons (Fsp3) is 0.211. The van der Waals surface area contributed by atoms with Gasteiger partial charge in [-0.1, -0.05) is 24.3 Å². The van der Waals surface area contributed by atoms with Gasteiger partial charge in [0.25, 0.3) is 5.56 Å². The van der Waals surface area contributed by atoms with E-state index >= 15 is 0 Å². The number of benzene rings is 1. The Morgan fingerprint density at radius 2 is 1.84 bits per heavy atom. The fourth-order valence-corrected chi connectivity index (χ4v) is 2.51. The van der Waals surface area contributed by atoms with Gasteiger partial charge in [-0.15, -0.1) is 0 Å². The van der Waals surface area contributed by atoms with Gasteiger partial charge in [-0.2, -0.15) is 0 Å². The summed E-state index contributed by atoms with van der Waals surface area (Å²) in [7, 11) is 0. The van der Waals surface area contributed by atoms with E-state index in [2.05, 4.69) is 15.6 Å². The first-order valence-corrected chi connectivity index (χ1v) is 8.24. The SMILES string of the molecule is O=C(CCn1ccccc1=O)NCCNc1ccc2ccccc2n1. The van der Waals surface area contributed by atoms with E-state index in [1.165, 1.54) is 10.6 Å². The van der Waals surface area contributed by atoms with Gasteiger partial charge in [0, 0.05) is 43.7 Å². The number of rotatable bonds is 7. The first kappa shape index (κ1) is 16.7.